The van der Waals surface area contributed by atoms with Gasteiger partial charge in [0.1, 0.15) is 53.9 Å². The average Bonchev–Trinajstić information content (AvgIpc) is 0.798. The van der Waals surface area contributed by atoms with Crippen molar-refractivity contribution in [3.05, 3.63) is 69.7 Å². The molecule has 97 heavy (non-hydrogen) atoms. The Morgan fingerprint density at radius 1 is 0.577 bits per heavy atom. The SMILES string of the molecule is CC[C@H](C)[C@@H]1NC(=O)[C@H](CC(C)C)N(C)C(=O)C[C@@H](C)N(C)C(=O)[C@H](CC(C)C)NC(=O)C(C)(C)N(C)C(=O)[C@H](CC(C)C)NC(=O)[C@H](CCc2ccc(C(F)(F)F)c(Cl)c2)NC(=O)[C@@H](C)N(C)C(=O)[C@H](Cc2ccc(C(F)(F)F)cc2)N(C)C(=O)[C@@H]2CCN2C(=O)CN(C)C1=O. The van der Waals surface area contributed by atoms with E-state index in [9.17, 15) is 74.3 Å². The first kappa shape index (κ1) is 81.9. The van der Waals surface area contributed by atoms with E-state index in [1.807, 2.05) is 27.7 Å². The second kappa shape index (κ2) is 34.3. The van der Waals surface area contributed by atoms with Gasteiger partial charge >= 0.3 is 12.4 Å². The Kier molecular flexibility index (Phi) is 29.0. The van der Waals surface area contributed by atoms with Gasteiger partial charge in [-0.15, -0.1) is 0 Å². The number of nitrogens with zero attached hydrogens (tertiary/aromatic N) is 7. The van der Waals surface area contributed by atoms with Gasteiger partial charge in [0.15, 0.2) is 0 Å². The largest absolute Gasteiger partial charge is 0.417 e. The van der Waals surface area contributed by atoms with E-state index in [0.29, 0.717) is 6.42 Å². The maximum atomic E-state index is 15.0. The molecule has 11 amide bonds. The molecule has 542 valence electrons. The van der Waals surface area contributed by atoms with Crippen molar-refractivity contribution in [2.75, 3.05) is 55.4 Å². The number of fused-ring (bicyclic) bond motifs is 1. The van der Waals surface area contributed by atoms with Gasteiger partial charge < -0.3 is 55.6 Å². The average molecular weight is 1400 g/mol. The van der Waals surface area contributed by atoms with Crippen LogP contribution in [0.25, 0.3) is 0 Å². The summed E-state index contributed by atoms with van der Waals surface area (Å²) in [4.78, 5) is 169. The molecule has 4 N–H and O–H groups in total. The molecular formula is C68H100ClF6N11O11. The maximum Gasteiger partial charge on any atom is 0.417 e. The summed E-state index contributed by atoms with van der Waals surface area (Å²) in [6.07, 6.45) is -10.1. The number of hydrogen-bond acceptors (Lipinski definition) is 11. The van der Waals surface area contributed by atoms with Crippen LogP contribution in [-0.2, 0) is 77.9 Å². The van der Waals surface area contributed by atoms with Crippen molar-refractivity contribution in [2.45, 2.75) is 213 Å². The highest BCUT2D eigenvalue weighted by Gasteiger charge is 2.46. The van der Waals surface area contributed by atoms with Crippen molar-refractivity contribution in [1.82, 2.24) is 55.6 Å². The molecule has 2 aliphatic rings. The Balaban J connectivity index is 1.90. The van der Waals surface area contributed by atoms with Crippen molar-refractivity contribution in [1.29, 1.82) is 0 Å². The van der Waals surface area contributed by atoms with Crippen LogP contribution < -0.4 is 21.3 Å². The molecule has 2 saturated heterocycles. The second-order valence-corrected chi connectivity index (χ2v) is 28.2. The number of nitrogens with one attached hydrogen (secondary N) is 4. The topological polar surface area (TPSA) is 259 Å². The number of rotatable bonds is 13. The van der Waals surface area contributed by atoms with E-state index < -0.39 is 172 Å². The summed E-state index contributed by atoms with van der Waals surface area (Å²) in [5, 5.41) is 10.3. The lowest BCUT2D eigenvalue weighted by atomic mass is 9.95. The molecule has 10 atom stereocenters. The van der Waals surface area contributed by atoms with E-state index >= 15 is 4.79 Å². The highest BCUT2D eigenvalue weighted by Crippen LogP contribution is 2.36. The molecule has 2 aromatic carbocycles. The highest BCUT2D eigenvalue weighted by molar-refractivity contribution is 6.31. The number of carbonyl (C=O) groups is 11. The van der Waals surface area contributed by atoms with E-state index in [4.69, 9.17) is 11.6 Å². The molecule has 2 aromatic rings. The molecular weight excluding hydrogens is 1300 g/mol. The second-order valence-electron chi connectivity index (χ2n) is 27.8. The molecule has 0 aromatic heterocycles. The summed E-state index contributed by atoms with van der Waals surface area (Å²) in [6.45, 7) is 19.6. The van der Waals surface area contributed by atoms with Crippen LogP contribution in [0.1, 0.15) is 150 Å². The molecule has 0 bridgehead atoms. The minimum Gasteiger partial charge on any atom is -0.343 e. The van der Waals surface area contributed by atoms with Gasteiger partial charge in [0, 0.05) is 67.7 Å². The minimum absolute atomic E-state index is 0.0296. The standard InChI is InChI=1S/C68H100ClF6N11O11/c1-19-40(8)56-64(96)80(13)36-55(88)86-29-28-51(86)62(94)84(17)53(35-44-20-24-45(25-21-44)67(70,71)72)63(95)82(15)42(10)57(89)76-48(27-23-43-22-26-46(47(69)34-43)68(73,74)75)58(90)77-50(31-38(4)5)61(93)85(18)66(11,12)65(97)78-49(30-37(2)3)60(92)81(14)41(9)33-54(87)83(16)52(32-39(6)7)59(91)79-56/h20-22,24-26,34,37-42,48-53,56H,19,23,27-33,35-36H2,1-18H3,(H,76,89)(H,77,90)(H,78,97)(H,79,91)/t40-,41+,42+,48-,49-,50-,51-,52-,53-,56-/m0/s1. The molecule has 0 unspecified atom stereocenters. The smallest absolute Gasteiger partial charge is 0.343 e. The number of aryl methyl sites for hydroxylation is 1. The van der Waals surface area contributed by atoms with Crippen LogP contribution in [0.5, 0.6) is 0 Å². The fourth-order valence-electron chi connectivity index (χ4n) is 11.4. The van der Waals surface area contributed by atoms with Crippen LogP contribution >= 0.6 is 11.6 Å². The van der Waals surface area contributed by atoms with Gasteiger partial charge in [0.2, 0.25) is 65.0 Å². The summed E-state index contributed by atoms with van der Waals surface area (Å²) in [5.41, 5.74) is -3.54. The first-order valence-corrected chi connectivity index (χ1v) is 33.3. The highest BCUT2D eigenvalue weighted by atomic mass is 35.5. The van der Waals surface area contributed by atoms with Gasteiger partial charge in [-0.05, 0) is 125 Å². The van der Waals surface area contributed by atoms with E-state index in [2.05, 4.69) is 21.3 Å². The third-order valence-electron chi connectivity index (χ3n) is 18.7. The third-order valence-corrected chi connectivity index (χ3v) is 19.0. The fourth-order valence-corrected chi connectivity index (χ4v) is 11.8. The summed E-state index contributed by atoms with van der Waals surface area (Å²) in [7, 11) is 8.01. The Labute approximate surface area is 571 Å². The first-order chi connectivity index (χ1) is 44.8. The van der Waals surface area contributed by atoms with Crippen LogP contribution in [0.3, 0.4) is 0 Å². The zero-order chi connectivity index (χ0) is 73.8. The van der Waals surface area contributed by atoms with Gasteiger partial charge in [-0.3, -0.25) is 52.7 Å². The molecule has 0 saturated carbocycles. The molecule has 2 aliphatic heterocycles. The number of hydrogen-bond donors (Lipinski definition) is 4. The number of likely N-dealkylation sites (N-methyl/N-ethyl adjacent to an activating group) is 6. The molecule has 2 heterocycles. The van der Waals surface area contributed by atoms with Crippen LogP contribution in [0.15, 0.2) is 42.5 Å². The molecule has 22 nitrogen and oxygen atoms in total. The Bertz CT molecular complexity index is 3170. The predicted molar refractivity (Wildman–Crippen MR) is 352 cm³/mol. The number of carbonyl (C=O) groups excluding carboxylic acids is 11. The van der Waals surface area contributed by atoms with Gasteiger partial charge in [-0.2, -0.15) is 26.3 Å². The van der Waals surface area contributed by atoms with Crippen LogP contribution in [0.4, 0.5) is 26.3 Å². The van der Waals surface area contributed by atoms with E-state index in [0.717, 1.165) is 62.1 Å². The zero-order valence-electron chi connectivity index (χ0n) is 59.1. The van der Waals surface area contributed by atoms with Crippen molar-refractivity contribution < 1.29 is 79.1 Å². The van der Waals surface area contributed by atoms with E-state index in [1.54, 1.807) is 34.6 Å². The van der Waals surface area contributed by atoms with Gasteiger partial charge in [0.05, 0.1) is 22.7 Å². The van der Waals surface area contributed by atoms with Crippen LogP contribution in [0, 0.1) is 23.7 Å². The van der Waals surface area contributed by atoms with Gasteiger partial charge in [-0.1, -0.05) is 91.6 Å². The quantitative estimate of drug-likeness (QED) is 0.153. The number of benzene rings is 2. The maximum absolute atomic E-state index is 15.0. The van der Waals surface area contributed by atoms with Crippen LogP contribution in [0.2, 0.25) is 5.02 Å². The van der Waals surface area contributed by atoms with Crippen molar-refractivity contribution in [3.8, 4) is 0 Å². The first-order valence-electron chi connectivity index (χ1n) is 32.9. The van der Waals surface area contributed by atoms with E-state index in [1.165, 1.54) is 77.8 Å². The summed E-state index contributed by atoms with van der Waals surface area (Å²) in [5.74, 6) is -9.56. The van der Waals surface area contributed by atoms with Gasteiger partial charge in [0.25, 0.3) is 0 Å². The van der Waals surface area contributed by atoms with E-state index in [-0.39, 0.29) is 80.4 Å². The lowest BCUT2D eigenvalue weighted by molar-refractivity contribution is -0.158. The Hall–Kier alpha value is -7.52. The molecule has 29 heteroatoms. The Morgan fingerprint density at radius 2 is 1.12 bits per heavy atom. The fraction of sp³-hybridized carbons (Fsp3) is 0.662. The normalized spacial score (nSPS) is 25.1. The molecule has 2 fully saturated rings. The number of amides is 11. The third kappa shape index (κ3) is 21.5. The number of halogens is 7. The Morgan fingerprint density at radius 3 is 1.63 bits per heavy atom. The number of alkyl halides is 6. The summed E-state index contributed by atoms with van der Waals surface area (Å²) in [6, 6.07) is -4.98. The van der Waals surface area contributed by atoms with Crippen molar-refractivity contribution in [2.24, 2.45) is 23.7 Å². The minimum atomic E-state index is -4.81. The van der Waals surface area contributed by atoms with Gasteiger partial charge in [-0.25, -0.2) is 0 Å². The summed E-state index contributed by atoms with van der Waals surface area (Å²) >= 11 is 6.09. The predicted octanol–water partition coefficient (Wildman–Crippen LogP) is 6.72. The molecule has 0 spiro atoms. The van der Waals surface area contributed by atoms with Crippen molar-refractivity contribution >= 4 is 76.6 Å². The monoisotopic (exact) mass is 1400 g/mol. The lowest BCUT2D eigenvalue weighted by Gasteiger charge is -2.44. The molecule has 4 rings (SSSR count). The van der Waals surface area contributed by atoms with Crippen LogP contribution in [-0.4, -0.2) is 215 Å². The molecule has 0 radical (unpaired) electrons. The zero-order valence-corrected chi connectivity index (χ0v) is 59.8. The molecule has 0 aliphatic carbocycles. The lowest BCUT2D eigenvalue weighted by Crippen LogP contribution is -2.64. The van der Waals surface area contributed by atoms with Crippen molar-refractivity contribution in [3.63, 3.8) is 0 Å². The summed E-state index contributed by atoms with van der Waals surface area (Å²) < 4.78 is 82.8.